The van der Waals surface area contributed by atoms with Gasteiger partial charge in [-0.3, -0.25) is 9.00 Å². The number of nitrogens with two attached hydrogens (primary N) is 1. The van der Waals surface area contributed by atoms with Gasteiger partial charge in [-0.2, -0.15) is 0 Å². The van der Waals surface area contributed by atoms with Gasteiger partial charge in [-0.05, 0) is 6.42 Å². The molecule has 0 aliphatic carbocycles. The van der Waals surface area contributed by atoms with E-state index in [0.29, 0.717) is 12.2 Å². The van der Waals surface area contributed by atoms with E-state index in [9.17, 15) is 9.00 Å². The molecule has 0 radical (unpaired) electrons. The first-order valence-electron chi connectivity index (χ1n) is 3.52. The van der Waals surface area contributed by atoms with Crippen LogP contribution in [-0.4, -0.2) is 44.5 Å². The number of carboxylic acids is 1. The fourth-order valence-electron chi connectivity index (χ4n) is 0.580. The molecule has 0 bridgehead atoms. The van der Waals surface area contributed by atoms with Crippen LogP contribution in [0.4, 0.5) is 0 Å². The van der Waals surface area contributed by atoms with Crippen LogP contribution in [0.2, 0.25) is 0 Å². The van der Waals surface area contributed by atoms with E-state index in [-0.39, 0.29) is 12.4 Å². The van der Waals surface area contributed by atoms with Gasteiger partial charge in [0.2, 0.25) is 0 Å². The van der Waals surface area contributed by atoms with Gasteiger partial charge in [0.05, 0.1) is 0 Å². The second kappa shape index (κ2) is 6.10. The highest BCUT2D eigenvalue weighted by Crippen LogP contribution is 1.90. The molecule has 12 heavy (non-hydrogen) atoms. The van der Waals surface area contributed by atoms with Crippen molar-refractivity contribution in [1.29, 1.82) is 0 Å². The van der Waals surface area contributed by atoms with Gasteiger partial charge in [-0.1, -0.05) is 0 Å². The lowest BCUT2D eigenvalue weighted by Gasteiger charge is -2.04. The molecule has 0 fully saturated rings. The Hall–Kier alpha value is -0.460. The maximum atomic E-state index is 11.0. The Bertz CT molecular complexity index is 173. The predicted octanol–water partition coefficient (Wildman–Crippen LogP) is -1.47. The Balaban J connectivity index is 3.61. The lowest BCUT2D eigenvalue weighted by molar-refractivity contribution is -0.137. The van der Waals surface area contributed by atoms with Gasteiger partial charge in [0.1, 0.15) is 6.04 Å². The van der Waals surface area contributed by atoms with Gasteiger partial charge < -0.3 is 15.9 Å². The quantitative estimate of drug-likeness (QED) is 0.480. The van der Waals surface area contributed by atoms with Crippen molar-refractivity contribution in [3.63, 3.8) is 0 Å². The summed E-state index contributed by atoms with van der Waals surface area (Å²) in [7, 11) is -1.24. The summed E-state index contributed by atoms with van der Waals surface area (Å²) in [4.78, 5) is 10.2. The first kappa shape index (κ1) is 11.5. The zero-order chi connectivity index (χ0) is 9.56. The Labute approximate surface area is 73.0 Å². The van der Waals surface area contributed by atoms with Gasteiger partial charge >= 0.3 is 5.97 Å². The molecule has 6 heteroatoms. The monoisotopic (exact) mass is 195 g/mol. The molecule has 0 amide bonds. The number of hydrogen-bond donors (Lipinski definition) is 3. The standard InChI is InChI=1S/C6H13NO4S/c7-5(6(9)10)4-12(11)3-1-2-8/h5,8H,1-4,7H2,(H,9,10)/t5-,12?/m1/s1. The molecule has 4 N–H and O–H groups in total. The fourth-order valence-corrected chi connectivity index (χ4v) is 1.74. The minimum atomic E-state index is -1.24. The Morgan fingerprint density at radius 3 is 2.58 bits per heavy atom. The number of carboxylic acid groups (broad SMARTS) is 1. The summed E-state index contributed by atoms with van der Waals surface area (Å²) >= 11 is 0. The van der Waals surface area contributed by atoms with Crippen LogP contribution in [0.25, 0.3) is 0 Å². The highest BCUT2D eigenvalue weighted by atomic mass is 32.2. The van der Waals surface area contributed by atoms with E-state index in [2.05, 4.69) is 0 Å². The average Bonchev–Trinajstić information content (AvgIpc) is 2.00. The number of aliphatic carboxylic acids is 1. The van der Waals surface area contributed by atoms with E-state index in [4.69, 9.17) is 15.9 Å². The molecule has 0 aliphatic rings. The van der Waals surface area contributed by atoms with Crippen LogP contribution >= 0.6 is 0 Å². The first-order chi connectivity index (χ1) is 5.57. The molecular weight excluding hydrogens is 182 g/mol. The number of rotatable bonds is 6. The molecule has 0 aliphatic heterocycles. The molecule has 0 saturated heterocycles. The van der Waals surface area contributed by atoms with Crippen molar-refractivity contribution in [3.05, 3.63) is 0 Å². The van der Waals surface area contributed by atoms with Gasteiger partial charge in [-0.15, -0.1) is 0 Å². The van der Waals surface area contributed by atoms with Crippen molar-refractivity contribution < 1.29 is 19.2 Å². The summed E-state index contributed by atoms with van der Waals surface area (Å²) in [6.07, 6.45) is 0.416. The normalized spacial score (nSPS) is 15.5. The number of hydrogen-bond acceptors (Lipinski definition) is 4. The SMILES string of the molecule is N[C@H](CS(=O)CCCO)C(=O)O. The van der Waals surface area contributed by atoms with Gasteiger partial charge in [0, 0.05) is 28.9 Å². The van der Waals surface area contributed by atoms with Gasteiger partial charge in [0.15, 0.2) is 0 Å². The van der Waals surface area contributed by atoms with Crippen LogP contribution in [0.15, 0.2) is 0 Å². The predicted molar refractivity (Wildman–Crippen MR) is 45.2 cm³/mol. The molecule has 0 saturated carbocycles. The van der Waals surface area contributed by atoms with E-state index in [1.54, 1.807) is 0 Å². The molecule has 2 atom stereocenters. The van der Waals surface area contributed by atoms with E-state index in [1.165, 1.54) is 0 Å². The van der Waals surface area contributed by atoms with Crippen LogP contribution in [0.3, 0.4) is 0 Å². The van der Waals surface area contributed by atoms with E-state index < -0.39 is 22.8 Å². The summed E-state index contributed by atoms with van der Waals surface area (Å²) in [6, 6.07) is -1.07. The van der Waals surface area contributed by atoms with Crippen molar-refractivity contribution in [2.24, 2.45) is 5.73 Å². The smallest absolute Gasteiger partial charge is 0.321 e. The lowest BCUT2D eigenvalue weighted by atomic mass is 10.4. The maximum absolute atomic E-state index is 11.0. The molecule has 0 heterocycles. The minimum absolute atomic E-state index is 0.0337. The van der Waals surface area contributed by atoms with E-state index in [0.717, 1.165) is 0 Å². The maximum Gasteiger partial charge on any atom is 0.321 e. The molecule has 0 aromatic heterocycles. The molecule has 0 aromatic carbocycles. The third-order valence-electron chi connectivity index (χ3n) is 1.21. The highest BCUT2D eigenvalue weighted by molar-refractivity contribution is 7.85. The second-order valence-corrected chi connectivity index (χ2v) is 3.95. The molecule has 1 unspecified atom stereocenters. The summed E-state index contributed by atoms with van der Waals surface area (Å²) in [6.45, 7) is -0.0337. The van der Waals surface area contributed by atoms with Crippen molar-refractivity contribution in [2.45, 2.75) is 12.5 Å². The fraction of sp³-hybridized carbons (Fsp3) is 0.833. The topological polar surface area (TPSA) is 101 Å². The van der Waals surface area contributed by atoms with Crippen LogP contribution in [0.5, 0.6) is 0 Å². The first-order valence-corrected chi connectivity index (χ1v) is 5.01. The molecule has 0 aromatic rings. The number of aliphatic hydroxyl groups excluding tert-OH is 1. The van der Waals surface area contributed by atoms with Crippen LogP contribution < -0.4 is 5.73 Å². The molecule has 72 valence electrons. The summed E-state index contributed by atoms with van der Waals surface area (Å²) in [5.74, 6) is -0.889. The Morgan fingerprint density at radius 1 is 1.58 bits per heavy atom. The van der Waals surface area contributed by atoms with Crippen LogP contribution in [0.1, 0.15) is 6.42 Å². The molecule has 0 spiro atoms. The summed E-state index contributed by atoms with van der Waals surface area (Å²) in [5, 5.41) is 16.7. The summed E-state index contributed by atoms with van der Waals surface area (Å²) < 4.78 is 11.0. The van der Waals surface area contributed by atoms with E-state index in [1.807, 2.05) is 0 Å². The lowest BCUT2D eigenvalue weighted by Crippen LogP contribution is -2.36. The molecule has 0 rings (SSSR count). The summed E-state index contributed by atoms with van der Waals surface area (Å²) in [5.41, 5.74) is 5.13. The van der Waals surface area contributed by atoms with Crippen molar-refractivity contribution in [1.82, 2.24) is 0 Å². The zero-order valence-corrected chi connectivity index (χ0v) is 7.42. The average molecular weight is 195 g/mol. The van der Waals surface area contributed by atoms with Gasteiger partial charge in [-0.25, -0.2) is 0 Å². The van der Waals surface area contributed by atoms with Crippen molar-refractivity contribution >= 4 is 16.8 Å². The molecular formula is C6H13NO4S. The third-order valence-corrected chi connectivity index (χ3v) is 2.69. The zero-order valence-electron chi connectivity index (χ0n) is 6.60. The number of carbonyl (C=O) groups is 1. The van der Waals surface area contributed by atoms with Crippen LogP contribution in [0, 0.1) is 0 Å². The third kappa shape index (κ3) is 5.22. The minimum Gasteiger partial charge on any atom is -0.480 e. The van der Waals surface area contributed by atoms with Crippen LogP contribution in [-0.2, 0) is 15.6 Å². The number of aliphatic hydroxyl groups is 1. The van der Waals surface area contributed by atoms with E-state index >= 15 is 0 Å². The second-order valence-electron chi connectivity index (χ2n) is 2.33. The Morgan fingerprint density at radius 2 is 2.17 bits per heavy atom. The molecule has 5 nitrogen and oxygen atoms in total. The van der Waals surface area contributed by atoms with Crippen molar-refractivity contribution in [2.75, 3.05) is 18.1 Å². The highest BCUT2D eigenvalue weighted by Gasteiger charge is 2.14. The van der Waals surface area contributed by atoms with Gasteiger partial charge in [0.25, 0.3) is 0 Å². The largest absolute Gasteiger partial charge is 0.480 e. The Kier molecular flexibility index (Phi) is 5.87. The van der Waals surface area contributed by atoms with Crippen molar-refractivity contribution in [3.8, 4) is 0 Å².